The Morgan fingerprint density at radius 1 is 1.50 bits per heavy atom. The van der Waals surface area contributed by atoms with Crippen molar-refractivity contribution in [3.8, 4) is 0 Å². The number of hydrogen-bond donors (Lipinski definition) is 0. The van der Waals surface area contributed by atoms with Crippen LogP contribution in [0.2, 0.25) is 19.6 Å². The maximum absolute atomic E-state index is 5.68. The molecule has 1 saturated heterocycles. The molecule has 1 nitrogen and oxygen atoms in total. The monoisotopic (exact) mass is 273 g/mol. The van der Waals surface area contributed by atoms with Crippen molar-refractivity contribution in [3.05, 3.63) is 22.4 Å². The normalized spacial score (nSPS) is 26.9. The van der Waals surface area contributed by atoms with E-state index in [1.54, 1.807) is 4.88 Å². The Morgan fingerprint density at radius 3 is 2.94 bits per heavy atom. The van der Waals surface area contributed by atoms with Crippen LogP contribution in [-0.4, -0.2) is 32.4 Å². The zero-order valence-electron chi connectivity index (χ0n) is 10.4. The summed E-state index contributed by atoms with van der Waals surface area (Å²) in [6, 6.07) is 4.46. The topological polar surface area (TPSA) is 9.23 Å². The molecule has 1 aliphatic rings. The van der Waals surface area contributed by atoms with Crippen LogP contribution in [0.1, 0.15) is 10.1 Å². The highest BCUT2D eigenvalue weighted by atomic mass is 32.2. The van der Waals surface area contributed by atoms with E-state index in [0.717, 1.165) is 13.2 Å². The van der Waals surface area contributed by atoms with Crippen LogP contribution in [0.15, 0.2) is 17.5 Å². The maximum atomic E-state index is 5.68. The van der Waals surface area contributed by atoms with Crippen LogP contribution in [0.25, 0.3) is 0 Å². The van der Waals surface area contributed by atoms with E-state index < -0.39 is 8.07 Å². The molecule has 0 amide bonds. The molecule has 0 radical (unpaired) electrons. The fraction of sp³-hybridized carbons (Fsp3) is 0.667. The quantitative estimate of drug-likeness (QED) is 0.606. The Kier molecular flexibility index (Phi) is 4.16. The van der Waals surface area contributed by atoms with Gasteiger partial charge in [-0.05, 0) is 22.3 Å². The van der Waals surface area contributed by atoms with Crippen LogP contribution in [0.3, 0.4) is 0 Å². The third-order valence-electron chi connectivity index (χ3n) is 2.64. The van der Waals surface area contributed by atoms with Crippen molar-refractivity contribution in [1.29, 1.82) is 0 Å². The van der Waals surface area contributed by atoms with Crippen molar-refractivity contribution in [2.24, 2.45) is 0 Å². The van der Waals surface area contributed by atoms with Crippen molar-refractivity contribution in [1.82, 2.24) is 0 Å². The lowest BCUT2D eigenvalue weighted by molar-refractivity contribution is 0.142. The van der Waals surface area contributed by atoms with Gasteiger partial charge in [0.05, 0.1) is 23.5 Å². The van der Waals surface area contributed by atoms with Gasteiger partial charge in [-0.1, -0.05) is 25.7 Å². The molecule has 0 saturated carbocycles. The summed E-state index contributed by atoms with van der Waals surface area (Å²) in [5.41, 5.74) is 0. The smallest absolute Gasteiger partial charge is 0.175 e. The van der Waals surface area contributed by atoms with Gasteiger partial charge in [0.1, 0.15) is 13.8 Å². The summed E-state index contributed by atoms with van der Waals surface area (Å²) in [5, 5.41) is 4.36. The van der Waals surface area contributed by atoms with Gasteiger partial charge in [0.2, 0.25) is 0 Å². The SMILES string of the molecule is C[Si](C)(C)C[S+]1CCOC[C@H]1c1cccs1. The van der Waals surface area contributed by atoms with E-state index in [9.17, 15) is 0 Å². The maximum Gasteiger partial charge on any atom is 0.175 e. The average molecular weight is 274 g/mol. The standard InChI is InChI=1S/C12H21OS2Si/c1-16(2,3)10-15-8-6-13-9-12(15)11-5-4-7-14-11/h4-5,7,12H,6,8-10H2,1-3H3/q+1/t12-,15?/m0/s1. The molecule has 0 aromatic carbocycles. The molecular weight excluding hydrogens is 252 g/mol. The van der Waals surface area contributed by atoms with Crippen LogP contribution in [0.4, 0.5) is 0 Å². The van der Waals surface area contributed by atoms with Crippen molar-refractivity contribution < 1.29 is 4.74 Å². The summed E-state index contributed by atoms with van der Waals surface area (Å²) < 4.78 is 5.68. The number of hydrogen-bond acceptors (Lipinski definition) is 2. The summed E-state index contributed by atoms with van der Waals surface area (Å²) >= 11 is 1.90. The highest BCUT2D eigenvalue weighted by Crippen LogP contribution is 2.33. The molecule has 1 aromatic heterocycles. The van der Waals surface area contributed by atoms with Crippen molar-refractivity contribution in [2.45, 2.75) is 24.9 Å². The molecule has 0 bridgehead atoms. The third-order valence-corrected chi connectivity index (χ3v) is 10.6. The van der Waals surface area contributed by atoms with Gasteiger partial charge in [-0.2, -0.15) is 0 Å². The Labute approximate surface area is 107 Å². The first-order valence-electron chi connectivity index (χ1n) is 5.84. The Balaban J connectivity index is 2.08. The van der Waals surface area contributed by atoms with Gasteiger partial charge in [0.25, 0.3) is 0 Å². The Morgan fingerprint density at radius 2 is 2.31 bits per heavy atom. The first-order chi connectivity index (χ1) is 7.56. The minimum Gasteiger partial charge on any atom is -0.371 e. The first kappa shape index (κ1) is 12.7. The fourth-order valence-corrected chi connectivity index (χ4v) is 10.5. The van der Waals surface area contributed by atoms with Crippen LogP contribution in [-0.2, 0) is 15.6 Å². The molecule has 1 fully saturated rings. The van der Waals surface area contributed by atoms with Crippen LogP contribution < -0.4 is 0 Å². The first-order valence-corrected chi connectivity index (χ1v) is 12.0. The second-order valence-corrected chi connectivity index (χ2v) is 14.8. The van der Waals surface area contributed by atoms with Crippen LogP contribution >= 0.6 is 11.3 Å². The fourth-order valence-electron chi connectivity index (χ4n) is 2.04. The summed E-state index contributed by atoms with van der Waals surface area (Å²) in [4.78, 5) is 1.54. The highest BCUT2D eigenvalue weighted by molar-refractivity contribution is 7.98. The lowest BCUT2D eigenvalue weighted by Gasteiger charge is -2.27. The highest BCUT2D eigenvalue weighted by Gasteiger charge is 2.39. The Bertz CT molecular complexity index is 318. The van der Waals surface area contributed by atoms with Gasteiger partial charge >= 0.3 is 0 Å². The van der Waals surface area contributed by atoms with Gasteiger partial charge in [-0.25, -0.2) is 0 Å². The van der Waals surface area contributed by atoms with Gasteiger partial charge in [-0.15, -0.1) is 11.3 Å². The van der Waals surface area contributed by atoms with Gasteiger partial charge in [0, 0.05) is 0 Å². The molecule has 16 heavy (non-hydrogen) atoms. The molecule has 2 rings (SSSR count). The third kappa shape index (κ3) is 3.36. The van der Waals surface area contributed by atoms with Gasteiger partial charge in [0.15, 0.2) is 5.25 Å². The molecule has 0 aliphatic carbocycles. The zero-order valence-corrected chi connectivity index (χ0v) is 13.0. The van der Waals surface area contributed by atoms with E-state index in [1.165, 1.54) is 11.1 Å². The van der Waals surface area contributed by atoms with Gasteiger partial charge < -0.3 is 4.74 Å². The molecule has 1 aromatic rings. The average Bonchev–Trinajstić information content (AvgIpc) is 2.69. The minimum atomic E-state index is -0.937. The number of ether oxygens (including phenoxy) is 1. The molecule has 1 aliphatic heterocycles. The van der Waals surface area contributed by atoms with Crippen LogP contribution in [0, 0.1) is 0 Å². The van der Waals surface area contributed by atoms with E-state index in [4.69, 9.17) is 4.74 Å². The minimum absolute atomic E-state index is 0.566. The Hall–Kier alpha value is 0.227. The van der Waals surface area contributed by atoms with E-state index >= 15 is 0 Å². The second-order valence-electron chi connectivity index (χ2n) is 5.53. The van der Waals surface area contributed by atoms with E-state index in [2.05, 4.69) is 37.2 Å². The molecule has 0 N–H and O–H groups in total. The van der Waals surface area contributed by atoms with Crippen molar-refractivity contribution in [2.75, 3.05) is 24.3 Å². The van der Waals surface area contributed by atoms with Crippen LogP contribution in [0.5, 0.6) is 0 Å². The van der Waals surface area contributed by atoms with E-state index in [0.29, 0.717) is 16.1 Å². The molecular formula is C12H21OS2Si+. The summed E-state index contributed by atoms with van der Waals surface area (Å²) in [5.74, 6) is 1.28. The number of thiophene rings is 1. The molecule has 2 heterocycles. The summed E-state index contributed by atoms with van der Waals surface area (Å²) in [6.07, 6.45) is 0. The molecule has 90 valence electrons. The second kappa shape index (κ2) is 5.25. The van der Waals surface area contributed by atoms with E-state index in [-0.39, 0.29) is 0 Å². The summed E-state index contributed by atoms with van der Waals surface area (Å²) in [7, 11) is -0.372. The lowest BCUT2D eigenvalue weighted by atomic mass is 10.3. The lowest BCUT2D eigenvalue weighted by Crippen LogP contribution is -2.40. The van der Waals surface area contributed by atoms with E-state index in [1.807, 2.05) is 11.3 Å². The predicted octanol–water partition coefficient (Wildman–Crippen LogP) is 3.32. The number of rotatable bonds is 3. The molecule has 4 heteroatoms. The predicted molar refractivity (Wildman–Crippen MR) is 78.3 cm³/mol. The molecule has 0 spiro atoms. The van der Waals surface area contributed by atoms with Crippen molar-refractivity contribution >= 4 is 30.3 Å². The largest absolute Gasteiger partial charge is 0.371 e. The van der Waals surface area contributed by atoms with Crippen molar-refractivity contribution in [3.63, 3.8) is 0 Å². The zero-order chi connectivity index (χ0) is 11.6. The molecule has 1 unspecified atom stereocenters. The summed E-state index contributed by atoms with van der Waals surface area (Å²) in [6.45, 7) is 9.40. The molecule has 2 atom stereocenters. The van der Waals surface area contributed by atoms with Gasteiger partial charge in [-0.3, -0.25) is 0 Å².